The van der Waals surface area contributed by atoms with Gasteiger partial charge >= 0.3 is 5.97 Å². The summed E-state index contributed by atoms with van der Waals surface area (Å²) in [6.07, 6.45) is 0. The number of aryl methyl sites for hydroxylation is 1. The SMILES string of the molecule is Cc1ccccc1NC(=O)CN1CC(=O)Oc2ccc(Cl)cc21. The number of hydrogen-bond acceptors (Lipinski definition) is 4. The molecule has 0 spiro atoms. The van der Waals surface area contributed by atoms with Crippen molar-refractivity contribution >= 4 is 34.9 Å². The summed E-state index contributed by atoms with van der Waals surface area (Å²) in [7, 11) is 0. The van der Waals surface area contributed by atoms with Gasteiger partial charge in [0.2, 0.25) is 5.91 Å². The molecule has 3 rings (SSSR count). The predicted molar refractivity (Wildman–Crippen MR) is 89.1 cm³/mol. The van der Waals surface area contributed by atoms with E-state index in [2.05, 4.69) is 5.32 Å². The van der Waals surface area contributed by atoms with Gasteiger partial charge in [-0.25, -0.2) is 4.79 Å². The van der Waals surface area contributed by atoms with E-state index in [4.69, 9.17) is 16.3 Å². The van der Waals surface area contributed by atoms with Gasteiger partial charge in [0.05, 0.1) is 12.2 Å². The highest BCUT2D eigenvalue weighted by Gasteiger charge is 2.26. The second-order valence-electron chi connectivity index (χ2n) is 5.31. The number of halogens is 1. The second-order valence-corrected chi connectivity index (χ2v) is 5.74. The Morgan fingerprint density at radius 3 is 2.87 bits per heavy atom. The summed E-state index contributed by atoms with van der Waals surface area (Å²) in [5, 5.41) is 3.37. The number of benzene rings is 2. The van der Waals surface area contributed by atoms with Crippen LogP contribution in [0.2, 0.25) is 5.02 Å². The Morgan fingerprint density at radius 2 is 2.09 bits per heavy atom. The van der Waals surface area contributed by atoms with Crippen molar-refractivity contribution in [3.8, 4) is 5.75 Å². The highest BCUT2D eigenvalue weighted by Crippen LogP contribution is 2.34. The molecular formula is C17H15ClN2O3. The molecule has 23 heavy (non-hydrogen) atoms. The number of nitrogens with one attached hydrogen (secondary N) is 1. The number of nitrogens with zero attached hydrogens (tertiary/aromatic N) is 1. The summed E-state index contributed by atoms with van der Waals surface area (Å²) in [4.78, 5) is 25.6. The third-order valence-corrected chi connectivity index (χ3v) is 3.79. The number of carbonyl (C=O) groups is 2. The number of rotatable bonds is 3. The summed E-state index contributed by atoms with van der Waals surface area (Å²) in [6.45, 7) is 1.97. The zero-order valence-corrected chi connectivity index (χ0v) is 13.3. The standard InChI is InChI=1S/C17H15ClN2O3/c1-11-4-2-3-5-13(11)19-16(21)9-20-10-17(22)23-15-7-6-12(18)8-14(15)20/h2-8H,9-10H2,1H3,(H,19,21). The zero-order chi connectivity index (χ0) is 16.4. The molecule has 1 aliphatic rings. The van der Waals surface area contributed by atoms with Crippen molar-refractivity contribution in [3.05, 3.63) is 53.1 Å². The first-order chi connectivity index (χ1) is 11.0. The van der Waals surface area contributed by atoms with Crippen molar-refractivity contribution in [2.75, 3.05) is 23.3 Å². The number of hydrogen-bond donors (Lipinski definition) is 1. The van der Waals surface area contributed by atoms with E-state index in [0.29, 0.717) is 16.5 Å². The van der Waals surface area contributed by atoms with Crippen LogP contribution >= 0.6 is 11.6 Å². The topological polar surface area (TPSA) is 58.6 Å². The first-order valence-corrected chi connectivity index (χ1v) is 7.51. The summed E-state index contributed by atoms with van der Waals surface area (Å²) in [5.41, 5.74) is 2.36. The number of carbonyl (C=O) groups excluding carboxylic acids is 2. The zero-order valence-electron chi connectivity index (χ0n) is 12.5. The Hall–Kier alpha value is -2.53. The van der Waals surface area contributed by atoms with Gasteiger partial charge in [0, 0.05) is 10.7 Å². The van der Waals surface area contributed by atoms with Crippen molar-refractivity contribution in [3.63, 3.8) is 0 Å². The molecule has 1 amide bonds. The Bertz CT molecular complexity index is 776. The Labute approximate surface area is 138 Å². The molecule has 1 heterocycles. The average molecular weight is 331 g/mol. The van der Waals surface area contributed by atoms with E-state index >= 15 is 0 Å². The molecule has 0 aromatic heterocycles. The van der Waals surface area contributed by atoms with Crippen LogP contribution in [-0.4, -0.2) is 25.0 Å². The van der Waals surface area contributed by atoms with Gasteiger partial charge in [-0.05, 0) is 36.8 Å². The lowest BCUT2D eigenvalue weighted by Crippen LogP contribution is -2.41. The minimum Gasteiger partial charge on any atom is -0.423 e. The van der Waals surface area contributed by atoms with Crippen LogP contribution in [0, 0.1) is 6.92 Å². The number of esters is 1. The fourth-order valence-electron chi connectivity index (χ4n) is 2.44. The van der Waals surface area contributed by atoms with Crippen LogP contribution in [0.4, 0.5) is 11.4 Å². The summed E-state index contributed by atoms with van der Waals surface area (Å²) in [5.74, 6) is -0.196. The Morgan fingerprint density at radius 1 is 1.30 bits per heavy atom. The van der Waals surface area contributed by atoms with Gasteiger partial charge in [0.25, 0.3) is 0 Å². The number of amides is 1. The van der Waals surface area contributed by atoms with Gasteiger partial charge in [-0.3, -0.25) is 4.79 Å². The van der Waals surface area contributed by atoms with Crippen LogP contribution in [0.1, 0.15) is 5.56 Å². The highest BCUT2D eigenvalue weighted by molar-refractivity contribution is 6.31. The fourth-order valence-corrected chi connectivity index (χ4v) is 2.60. The maximum Gasteiger partial charge on any atom is 0.331 e. The molecule has 0 aliphatic carbocycles. The van der Waals surface area contributed by atoms with E-state index < -0.39 is 5.97 Å². The van der Waals surface area contributed by atoms with Crippen molar-refractivity contribution in [2.45, 2.75) is 6.92 Å². The van der Waals surface area contributed by atoms with Crippen LogP contribution in [-0.2, 0) is 9.59 Å². The van der Waals surface area contributed by atoms with E-state index in [1.807, 2.05) is 31.2 Å². The van der Waals surface area contributed by atoms with Gasteiger partial charge in [-0.15, -0.1) is 0 Å². The third kappa shape index (κ3) is 3.46. The molecule has 0 radical (unpaired) electrons. The van der Waals surface area contributed by atoms with E-state index in [1.54, 1.807) is 23.1 Å². The van der Waals surface area contributed by atoms with Crippen LogP contribution in [0.25, 0.3) is 0 Å². The highest BCUT2D eigenvalue weighted by atomic mass is 35.5. The van der Waals surface area contributed by atoms with Crippen molar-refractivity contribution in [1.29, 1.82) is 0 Å². The molecule has 6 heteroatoms. The lowest BCUT2D eigenvalue weighted by Gasteiger charge is -2.29. The van der Waals surface area contributed by atoms with Crippen LogP contribution in [0.15, 0.2) is 42.5 Å². The molecule has 0 saturated carbocycles. The fraction of sp³-hybridized carbons (Fsp3) is 0.176. The van der Waals surface area contributed by atoms with Gasteiger partial charge < -0.3 is 15.0 Å². The number of anilines is 2. The average Bonchev–Trinajstić information content (AvgIpc) is 2.50. The molecular weight excluding hydrogens is 316 g/mol. The molecule has 1 N–H and O–H groups in total. The Kier molecular flexibility index (Phi) is 4.21. The molecule has 118 valence electrons. The molecule has 2 aromatic carbocycles. The molecule has 0 atom stereocenters. The van der Waals surface area contributed by atoms with Gasteiger partial charge in [-0.1, -0.05) is 29.8 Å². The van der Waals surface area contributed by atoms with Crippen molar-refractivity contribution < 1.29 is 14.3 Å². The number of ether oxygens (including phenoxy) is 1. The summed E-state index contributed by atoms with van der Waals surface area (Å²) >= 11 is 6.00. The minimum atomic E-state index is -0.400. The van der Waals surface area contributed by atoms with Crippen LogP contribution in [0.5, 0.6) is 5.75 Å². The van der Waals surface area contributed by atoms with Crippen molar-refractivity contribution in [2.24, 2.45) is 0 Å². The van der Waals surface area contributed by atoms with E-state index in [-0.39, 0.29) is 19.0 Å². The smallest absolute Gasteiger partial charge is 0.331 e. The van der Waals surface area contributed by atoms with Crippen LogP contribution < -0.4 is 15.0 Å². The van der Waals surface area contributed by atoms with Gasteiger partial charge in [0.1, 0.15) is 6.54 Å². The maximum atomic E-state index is 12.3. The normalized spacial score (nSPS) is 13.3. The van der Waals surface area contributed by atoms with Crippen molar-refractivity contribution in [1.82, 2.24) is 0 Å². The lowest BCUT2D eigenvalue weighted by molar-refractivity contribution is -0.133. The molecule has 1 aliphatic heterocycles. The predicted octanol–water partition coefficient (Wildman–Crippen LogP) is 3.01. The summed E-state index contributed by atoms with van der Waals surface area (Å²) < 4.78 is 5.17. The number of para-hydroxylation sites is 1. The number of fused-ring (bicyclic) bond motifs is 1. The monoisotopic (exact) mass is 330 g/mol. The molecule has 0 saturated heterocycles. The molecule has 0 bridgehead atoms. The van der Waals surface area contributed by atoms with E-state index in [1.165, 1.54) is 0 Å². The summed E-state index contributed by atoms with van der Waals surface area (Å²) in [6, 6.07) is 12.5. The largest absolute Gasteiger partial charge is 0.423 e. The van der Waals surface area contributed by atoms with Gasteiger partial charge in [-0.2, -0.15) is 0 Å². The Balaban J connectivity index is 1.78. The third-order valence-electron chi connectivity index (χ3n) is 3.56. The maximum absolute atomic E-state index is 12.3. The van der Waals surface area contributed by atoms with E-state index in [9.17, 15) is 9.59 Å². The van der Waals surface area contributed by atoms with E-state index in [0.717, 1.165) is 11.3 Å². The first kappa shape index (κ1) is 15.4. The van der Waals surface area contributed by atoms with Crippen LogP contribution in [0.3, 0.4) is 0 Å². The molecule has 0 fully saturated rings. The second kappa shape index (κ2) is 6.30. The lowest BCUT2D eigenvalue weighted by atomic mass is 10.2. The molecule has 0 unspecified atom stereocenters. The minimum absolute atomic E-state index is 0.00847. The molecule has 2 aromatic rings. The van der Waals surface area contributed by atoms with Gasteiger partial charge in [0.15, 0.2) is 5.75 Å². The first-order valence-electron chi connectivity index (χ1n) is 7.13. The molecule has 5 nitrogen and oxygen atoms in total. The quantitative estimate of drug-likeness (QED) is 0.694.